The highest BCUT2D eigenvalue weighted by molar-refractivity contribution is 8.13. The third-order valence-corrected chi connectivity index (χ3v) is 4.15. The van der Waals surface area contributed by atoms with Gasteiger partial charge in [-0.25, -0.2) is 0 Å². The number of ether oxygens (including phenoxy) is 2. The van der Waals surface area contributed by atoms with Crippen LogP contribution >= 0.6 is 23.4 Å². The summed E-state index contributed by atoms with van der Waals surface area (Å²) in [7, 11) is 1.49. The molecule has 0 saturated carbocycles. The molecule has 0 unspecified atom stereocenters. The molecular weight excluding hydrogens is 344 g/mol. The second-order valence-corrected chi connectivity index (χ2v) is 6.05. The van der Waals surface area contributed by atoms with Gasteiger partial charge in [-0.3, -0.25) is 14.4 Å². The van der Waals surface area contributed by atoms with Gasteiger partial charge in [0.2, 0.25) is 0 Å². The first-order valence-electron chi connectivity index (χ1n) is 6.70. The average Bonchev–Trinajstić information content (AvgIpc) is 2.90. The standard InChI is InChI=1S/C14H15ClN2O5S/c1-21-11-3-2-9(6-10(11)15)16-12(18)8-22-13(19)7-17-4-5-23-14(17)20/h2-3,6H,4-5,7-8H2,1H3,(H,16,18). The largest absolute Gasteiger partial charge is 0.495 e. The first-order valence-corrected chi connectivity index (χ1v) is 8.06. The normalized spacial score (nSPS) is 13.8. The molecule has 0 radical (unpaired) electrons. The number of esters is 1. The van der Waals surface area contributed by atoms with E-state index >= 15 is 0 Å². The third-order valence-electron chi connectivity index (χ3n) is 2.96. The van der Waals surface area contributed by atoms with Crippen LogP contribution in [0.1, 0.15) is 0 Å². The van der Waals surface area contributed by atoms with Crippen LogP contribution in [0.3, 0.4) is 0 Å². The smallest absolute Gasteiger partial charge is 0.326 e. The molecule has 23 heavy (non-hydrogen) atoms. The molecule has 0 spiro atoms. The van der Waals surface area contributed by atoms with Crippen molar-refractivity contribution in [2.24, 2.45) is 0 Å². The number of carbonyl (C=O) groups is 3. The van der Waals surface area contributed by atoms with E-state index < -0.39 is 18.5 Å². The fraction of sp³-hybridized carbons (Fsp3) is 0.357. The van der Waals surface area contributed by atoms with Crippen LogP contribution in [0.5, 0.6) is 5.75 Å². The summed E-state index contributed by atoms with van der Waals surface area (Å²) in [5, 5.41) is 2.75. The maximum atomic E-state index is 11.7. The minimum absolute atomic E-state index is 0.145. The number of thioether (sulfide) groups is 1. The summed E-state index contributed by atoms with van der Waals surface area (Å²) >= 11 is 7.10. The Labute approximate surface area is 142 Å². The number of carbonyl (C=O) groups excluding carboxylic acids is 3. The summed E-state index contributed by atoms with van der Waals surface area (Å²) < 4.78 is 9.86. The summed E-state index contributed by atoms with van der Waals surface area (Å²) in [6.45, 7) is -0.0692. The number of benzene rings is 1. The van der Waals surface area contributed by atoms with Crippen LogP contribution in [0.2, 0.25) is 5.02 Å². The van der Waals surface area contributed by atoms with Crippen LogP contribution < -0.4 is 10.1 Å². The number of hydrogen-bond acceptors (Lipinski definition) is 6. The first-order chi connectivity index (χ1) is 11.0. The predicted octanol–water partition coefficient (Wildman–Crippen LogP) is 2.00. The topological polar surface area (TPSA) is 84.9 Å². The highest BCUT2D eigenvalue weighted by Crippen LogP contribution is 2.27. The Morgan fingerprint density at radius 3 is 2.83 bits per heavy atom. The minimum atomic E-state index is -0.622. The fourth-order valence-electron chi connectivity index (χ4n) is 1.86. The number of nitrogens with one attached hydrogen (secondary N) is 1. The number of anilines is 1. The highest BCUT2D eigenvalue weighted by atomic mass is 35.5. The van der Waals surface area contributed by atoms with E-state index in [1.807, 2.05) is 0 Å². The van der Waals surface area contributed by atoms with E-state index in [1.165, 1.54) is 18.1 Å². The lowest BCUT2D eigenvalue weighted by Gasteiger charge is -2.13. The molecule has 1 aliphatic rings. The molecule has 0 bridgehead atoms. The van der Waals surface area contributed by atoms with Gasteiger partial charge < -0.3 is 19.7 Å². The van der Waals surface area contributed by atoms with Gasteiger partial charge in [0.15, 0.2) is 6.61 Å². The van der Waals surface area contributed by atoms with Crippen molar-refractivity contribution in [1.82, 2.24) is 4.90 Å². The lowest BCUT2D eigenvalue weighted by molar-refractivity contribution is -0.147. The fourth-order valence-corrected chi connectivity index (χ4v) is 2.94. The summed E-state index contributed by atoms with van der Waals surface area (Å²) in [6, 6.07) is 4.76. The van der Waals surface area contributed by atoms with E-state index in [9.17, 15) is 14.4 Å². The predicted molar refractivity (Wildman–Crippen MR) is 87.0 cm³/mol. The Hall–Kier alpha value is -1.93. The van der Waals surface area contributed by atoms with Crippen LogP contribution in [0, 0.1) is 0 Å². The number of amides is 2. The molecule has 1 heterocycles. The van der Waals surface area contributed by atoms with E-state index in [2.05, 4.69) is 5.32 Å². The summed E-state index contributed by atoms with van der Waals surface area (Å²) in [6.07, 6.45) is 0. The highest BCUT2D eigenvalue weighted by Gasteiger charge is 2.24. The Morgan fingerprint density at radius 1 is 1.43 bits per heavy atom. The van der Waals surface area contributed by atoms with Crippen molar-refractivity contribution < 1.29 is 23.9 Å². The Morgan fingerprint density at radius 2 is 2.22 bits per heavy atom. The van der Waals surface area contributed by atoms with Crippen molar-refractivity contribution in [3.8, 4) is 5.75 Å². The number of halogens is 1. The van der Waals surface area contributed by atoms with Gasteiger partial charge in [-0.1, -0.05) is 23.4 Å². The molecule has 0 aromatic heterocycles. The minimum Gasteiger partial charge on any atom is -0.495 e. The molecule has 1 saturated heterocycles. The summed E-state index contributed by atoms with van der Waals surface area (Å²) in [5.41, 5.74) is 0.461. The molecule has 0 atom stereocenters. The van der Waals surface area contributed by atoms with E-state index in [0.29, 0.717) is 28.8 Å². The number of rotatable bonds is 6. The molecule has 1 fully saturated rings. The molecule has 9 heteroatoms. The van der Waals surface area contributed by atoms with Crippen LogP contribution in [0.25, 0.3) is 0 Å². The SMILES string of the molecule is COc1ccc(NC(=O)COC(=O)CN2CCSC2=O)cc1Cl. The molecule has 1 aliphatic heterocycles. The molecule has 1 N–H and O–H groups in total. The maximum Gasteiger partial charge on any atom is 0.326 e. The lowest BCUT2D eigenvalue weighted by Crippen LogP contribution is -2.32. The third kappa shape index (κ3) is 5.04. The van der Waals surface area contributed by atoms with Crippen molar-refractivity contribution in [1.29, 1.82) is 0 Å². The van der Waals surface area contributed by atoms with E-state index in [0.717, 1.165) is 11.8 Å². The van der Waals surface area contributed by atoms with Gasteiger partial charge in [-0.15, -0.1) is 0 Å². The Bertz CT molecular complexity index is 625. The van der Waals surface area contributed by atoms with E-state index in [4.69, 9.17) is 21.1 Å². The molecule has 1 aromatic rings. The average molecular weight is 359 g/mol. The first kappa shape index (κ1) is 17.4. The molecule has 2 amide bonds. The molecule has 7 nitrogen and oxygen atoms in total. The Balaban J connectivity index is 1.77. The van der Waals surface area contributed by atoms with Gasteiger partial charge in [0, 0.05) is 18.0 Å². The van der Waals surface area contributed by atoms with Gasteiger partial charge in [-0.05, 0) is 18.2 Å². The van der Waals surface area contributed by atoms with Crippen molar-refractivity contribution >= 4 is 46.2 Å². The number of nitrogens with zero attached hydrogens (tertiary/aromatic N) is 1. The zero-order chi connectivity index (χ0) is 16.8. The molecular formula is C14H15ClN2O5S. The van der Waals surface area contributed by atoms with Gasteiger partial charge in [-0.2, -0.15) is 0 Å². The summed E-state index contributed by atoms with van der Waals surface area (Å²) in [4.78, 5) is 36.1. The van der Waals surface area contributed by atoms with E-state index in [-0.39, 0.29) is 11.8 Å². The Kier molecular flexibility index (Phi) is 6.12. The van der Waals surface area contributed by atoms with E-state index in [1.54, 1.807) is 12.1 Å². The quantitative estimate of drug-likeness (QED) is 0.783. The monoisotopic (exact) mass is 358 g/mol. The zero-order valence-electron chi connectivity index (χ0n) is 12.3. The van der Waals surface area contributed by atoms with Crippen LogP contribution in [0.15, 0.2) is 18.2 Å². The van der Waals surface area contributed by atoms with Crippen molar-refractivity contribution in [2.45, 2.75) is 0 Å². The maximum absolute atomic E-state index is 11.7. The van der Waals surface area contributed by atoms with Gasteiger partial charge in [0.25, 0.3) is 11.1 Å². The van der Waals surface area contributed by atoms with Crippen LogP contribution in [0.4, 0.5) is 10.5 Å². The molecule has 2 rings (SSSR count). The summed E-state index contributed by atoms with van der Waals surface area (Å²) in [5.74, 6) is 0.0277. The second-order valence-electron chi connectivity index (χ2n) is 4.59. The van der Waals surface area contributed by atoms with Crippen molar-refractivity contribution in [3.05, 3.63) is 23.2 Å². The van der Waals surface area contributed by atoms with Crippen molar-refractivity contribution in [3.63, 3.8) is 0 Å². The number of methoxy groups -OCH3 is 1. The van der Waals surface area contributed by atoms with Crippen LogP contribution in [-0.4, -0.2) is 54.6 Å². The van der Waals surface area contributed by atoms with Gasteiger partial charge in [0.1, 0.15) is 12.3 Å². The lowest BCUT2D eigenvalue weighted by atomic mass is 10.3. The van der Waals surface area contributed by atoms with Gasteiger partial charge >= 0.3 is 5.97 Å². The second kappa shape index (κ2) is 8.07. The number of hydrogen-bond donors (Lipinski definition) is 1. The van der Waals surface area contributed by atoms with Crippen LogP contribution in [-0.2, 0) is 14.3 Å². The molecule has 0 aliphatic carbocycles. The zero-order valence-corrected chi connectivity index (χ0v) is 13.9. The molecule has 124 valence electrons. The van der Waals surface area contributed by atoms with Gasteiger partial charge in [0.05, 0.1) is 12.1 Å². The van der Waals surface area contributed by atoms with Crippen molar-refractivity contribution in [2.75, 3.05) is 37.9 Å². The molecule has 1 aromatic carbocycles.